The average molecular weight is 526 g/mol. The van der Waals surface area contributed by atoms with Gasteiger partial charge in [-0.25, -0.2) is 0 Å². The van der Waals surface area contributed by atoms with Crippen molar-refractivity contribution in [3.05, 3.63) is 87.3 Å². The Kier molecular flexibility index (Phi) is 6.71. The summed E-state index contributed by atoms with van der Waals surface area (Å²) < 4.78 is 12.0. The summed E-state index contributed by atoms with van der Waals surface area (Å²) in [6.07, 6.45) is 4.70. The summed E-state index contributed by atoms with van der Waals surface area (Å²) in [5.41, 5.74) is 14.8. The number of benzene rings is 3. The zero-order valence-corrected chi connectivity index (χ0v) is 23.3. The number of ether oxygens (including phenoxy) is 2. The Morgan fingerprint density at radius 2 is 1.82 bits per heavy atom. The van der Waals surface area contributed by atoms with Gasteiger partial charge in [-0.05, 0) is 127 Å². The minimum Gasteiger partial charge on any atom is -0.491 e. The molecule has 1 fully saturated rings. The van der Waals surface area contributed by atoms with Crippen LogP contribution in [-0.2, 0) is 13.0 Å². The van der Waals surface area contributed by atoms with E-state index in [4.69, 9.17) is 14.6 Å². The van der Waals surface area contributed by atoms with Gasteiger partial charge < -0.3 is 25.0 Å². The molecule has 0 radical (unpaired) electrons. The van der Waals surface area contributed by atoms with E-state index in [-0.39, 0.29) is 12.8 Å². The van der Waals surface area contributed by atoms with Gasteiger partial charge in [-0.2, -0.15) is 0 Å². The van der Waals surface area contributed by atoms with E-state index in [1.54, 1.807) is 0 Å². The first-order valence-electron chi connectivity index (χ1n) is 13.9. The number of hydrogen-bond donors (Lipinski definition) is 1. The number of aryl methyl sites for hydroxylation is 2. The molecule has 2 unspecified atom stereocenters. The number of rotatable bonds is 9. The van der Waals surface area contributed by atoms with Gasteiger partial charge >= 0.3 is 0 Å². The highest BCUT2D eigenvalue weighted by Gasteiger charge is 2.54. The summed E-state index contributed by atoms with van der Waals surface area (Å²) in [5.74, 6) is 2.23. The van der Waals surface area contributed by atoms with Gasteiger partial charge in [0.05, 0.1) is 6.61 Å². The number of aliphatic hydroxyl groups excluding tert-OH is 1. The van der Waals surface area contributed by atoms with E-state index in [2.05, 4.69) is 73.0 Å². The second kappa shape index (κ2) is 10.2. The first-order valence-corrected chi connectivity index (χ1v) is 13.9. The topological polar surface area (TPSA) is 80.8 Å². The van der Waals surface area contributed by atoms with Crippen LogP contribution < -0.4 is 9.47 Å². The summed E-state index contributed by atoms with van der Waals surface area (Å²) in [6.45, 7) is 7.24. The maximum Gasteiger partial charge on any atom is 0.120 e. The van der Waals surface area contributed by atoms with Gasteiger partial charge in [-0.3, -0.25) is 10.4 Å². The van der Waals surface area contributed by atoms with Crippen molar-refractivity contribution < 1.29 is 14.6 Å². The van der Waals surface area contributed by atoms with E-state index in [9.17, 15) is 0 Å². The van der Waals surface area contributed by atoms with Crippen LogP contribution in [0, 0.1) is 26.2 Å². The zero-order valence-electron chi connectivity index (χ0n) is 23.3. The van der Waals surface area contributed by atoms with E-state index < -0.39 is 0 Å². The third-order valence-electron chi connectivity index (χ3n) is 8.88. The molecule has 1 spiro atoms. The minimum absolute atomic E-state index is 0.00803. The number of aliphatic hydroxyl groups is 1. The average Bonchev–Trinajstić information content (AvgIpc) is 3.47. The number of fused-ring (bicyclic) bond motifs is 1. The van der Waals surface area contributed by atoms with Crippen molar-refractivity contribution >= 4 is 0 Å². The fraction of sp³-hybridized carbons (Fsp3) is 0.438. The fourth-order valence-corrected chi connectivity index (χ4v) is 6.62. The van der Waals surface area contributed by atoms with Crippen molar-refractivity contribution in [2.45, 2.75) is 65.1 Å². The highest BCUT2D eigenvalue weighted by atomic mass is 16.5. The van der Waals surface area contributed by atoms with Gasteiger partial charge in [0, 0.05) is 13.2 Å². The first-order chi connectivity index (χ1) is 18.9. The lowest BCUT2D eigenvalue weighted by Gasteiger charge is -2.30. The molecule has 0 bridgehead atoms. The summed E-state index contributed by atoms with van der Waals surface area (Å²) in [5, 5.41) is 18.9. The smallest absolute Gasteiger partial charge is 0.120 e. The monoisotopic (exact) mass is 525 g/mol. The van der Waals surface area contributed by atoms with Crippen LogP contribution >= 0.6 is 0 Å². The molecular weight excluding hydrogens is 488 g/mol. The van der Waals surface area contributed by atoms with Gasteiger partial charge in [0.15, 0.2) is 0 Å². The van der Waals surface area contributed by atoms with Crippen molar-refractivity contribution in [1.29, 1.82) is 0 Å². The maximum absolute atomic E-state index is 9.09. The maximum atomic E-state index is 9.09. The fourth-order valence-electron chi connectivity index (χ4n) is 6.62. The van der Waals surface area contributed by atoms with E-state index >= 15 is 0 Å². The minimum atomic E-state index is 0.00803. The van der Waals surface area contributed by atoms with E-state index in [1.165, 1.54) is 46.2 Å². The summed E-state index contributed by atoms with van der Waals surface area (Å²) in [4.78, 5) is 0. The van der Waals surface area contributed by atoms with Crippen LogP contribution in [0.25, 0.3) is 16.6 Å². The molecule has 0 saturated heterocycles. The Morgan fingerprint density at radius 1 is 1.03 bits per heavy atom. The molecule has 204 valence electrons. The Hall–Kier alpha value is -3.58. The van der Waals surface area contributed by atoms with Gasteiger partial charge in [-0.1, -0.05) is 24.3 Å². The number of hydrogen-bond acceptors (Lipinski definition) is 6. The molecule has 0 amide bonds. The SMILES string of the molecule is Cc1cc(OCCO)cc(C)c1-c1cccc(COc2ccc3c(c2)CC2(CC2)C3CC2[N-]N=NN2C)c1C. The summed E-state index contributed by atoms with van der Waals surface area (Å²) in [6, 6.07) is 17.2. The van der Waals surface area contributed by atoms with Crippen molar-refractivity contribution in [3.8, 4) is 22.6 Å². The molecule has 2 aliphatic carbocycles. The molecule has 7 heteroatoms. The second-order valence-corrected chi connectivity index (χ2v) is 11.4. The highest BCUT2D eigenvalue weighted by Crippen LogP contribution is 2.65. The molecule has 1 N–H and O–H groups in total. The van der Waals surface area contributed by atoms with Crippen LogP contribution in [0.4, 0.5) is 0 Å². The lowest BCUT2D eigenvalue weighted by atomic mass is 9.86. The molecule has 0 aromatic heterocycles. The van der Waals surface area contributed by atoms with Gasteiger partial charge in [0.2, 0.25) is 0 Å². The van der Waals surface area contributed by atoms with Crippen LogP contribution in [0.2, 0.25) is 0 Å². The second-order valence-electron chi connectivity index (χ2n) is 11.4. The van der Waals surface area contributed by atoms with E-state index in [0.717, 1.165) is 35.5 Å². The Balaban J connectivity index is 1.18. The van der Waals surface area contributed by atoms with E-state index in [0.29, 0.717) is 24.5 Å². The molecule has 6 rings (SSSR count). The van der Waals surface area contributed by atoms with Gasteiger partial charge in [0.25, 0.3) is 0 Å². The van der Waals surface area contributed by atoms with Crippen LogP contribution in [-0.4, -0.2) is 36.5 Å². The predicted molar refractivity (Wildman–Crippen MR) is 152 cm³/mol. The third-order valence-corrected chi connectivity index (χ3v) is 8.88. The normalized spacial score (nSPS) is 20.3. The molecule has 3 aliphatic rings. The van der Waals surface area contributed by atoms with Crippen LogP contribution in [0.3, 0.4) is 0 Å². The van der Waals surface area contributed by atoms with E-state index in [1.807, 2.05) is 24.2 Å². The van der Waals surface area contributed by atoms with Crippen molar-refractivity contribution in [3.63, 3.8) is 0 Å². The van der Waals surface area contributed by atoms with Crippen molar-refractivity contribution in [1.82, 2.24) is 5.01 Å². The van der Waals surface area contributed by atoms with Gasteiger partial charge in [0.1, 0.15) is 24.7 Å². The Labute approximate surface area is 230 Å². The van der Waals surface area contributed by atoms with Crippen molar-refractivity contribution in [2.24, 2.45) is 15.9 Å². The van der Waals surface area contributed by atoms with Crippen LogP contribution in [0.15, 0.2) is 59.0 Å². The zero-order chi connectivity index (χ0) is 27.1. The summed E-state index contributed by atoms with van der Waals surface area (Å²) in [7, 11) is 1.96. The predicted octanol–water partition coefficient (Wildman–Crippen LogP) is 6.97. The van der Waals surface area contributed by atoms with Crippen LogP contribution in [0.1, 0.15) is 58.6 Å². The summed E-state index contributed by atoms with van der Waals surface area (Å²) >= 11 is 0. The molecule has 7 nitrogen and oxygen atoms in total. The largest absolute Gasteiger partial charge is 0.491 e. The van der Waals surface area contributed by atoms with Crippen LogP contribution in [0.5, 0.6) is 11.5 Å². The molecule has 3 aromatic rings. The lowest BCUT2D eigenvalue weighted by molar-refractivity contribution is 0.201. The molecule has 1 aliphatic heterocycles. The number of nitrogens with zero attached hydrogens (tertiary/aromatic N) is 4. The Bertz CT molecular complexity index is 1390. The standard InChI is InChI=1S/C32H37N4O3/c1-20-14-26(38-13-12-37)15-21(2)31(20)27-7-5-6-23(22(27)3)19-39-25-8-9-28-24(16-25)18-32(10-11-32)29(28)17-30-33-34-35-36(30)4/h5-9,14-16,29-30,37H,10-13,17-19H2,1-4H3/q-1. The molecule has 2 atom stereocenters. The Morgan fingerprint density at radius 3 is 2.51 bits per heavy atom. The molecule has 39 heavy (non-hydrogen) atoms. The third kappa shape index (κ3) is 4.84. The molecule has 1 heterocycles. The first kappa shape index (κ1) is 25.7. The lowest BCUT2D eigenvalue weighted by Crippen LogP contribution is -2.25. The quantitative estimate of drug-likeness (QED) is 0.327. The highest BCUT2D eigenvalue weighted by molar-refractivity contribution is 5.75. The molecular formula is C32H37N4O3-. The van der Waals surface area contributed by atoms with Gasteiger partial charge in [-0.15, -0.1) is 0 Å². The molecule has 3 aromatic carbocycles. The van der Waals surface area contributed by atoms with Crippen molar-refractivity contribution in [2.75, 3.05) is 20.3 Å². The molecule has 1 saturated carbocycles.